The highest BCUT2D eigenvalue weighted by atomic mass is 31.3. The Bertz CT molecular complexity index is 1440. The van der Waals surface area contributed by atoms with Crippen molar-refractivity contribution in [3.05, 3.63) is 24.9 Å². The van der Waals surface area contributed by atoms with Gasteiger partial charge in [-0.15, -0.1) is 0 Å². The molecule has 22 heteroatoms. The fraction of sp³-hybridized carbons (Fsp3) is 0.400. The van der Waals surface area contributed by atoms with E-state index in [0.717, 1.165) is 0 Å². The predicted molar refractivity (Wildman–Crippen MR) is 120 cm³/mol. The van der Waals surface area contributed by atoms with Crippen LogP contribution in [0.25, 0.3) is 22.2 Å². The predicted octanol–water partition coefficient (Wildman–Crippen LogP) is -0.244. The van der Waals surface area contributed by atoms with Crippen LogP contribution in [0.1, 0.15) is 13.2 Å². The molecule has 0 amide bonds. The molecule has 1 aliphatic rings. The Morgan fingerprint density at radius 2 is 1.89 bits per heavy atom. The SMILES string of the molecule is C[C@@]1(O)[C@H](O)[C@@H](COP(=O)(O)OP(=O)(O)OP(=O)(O)O)O[C@H]1n1cc(-c2cn[nH]c2)c2c(N)ncnc21. The van der Waals surface area contributed by atoms with Gasteiger partial charge in [-0.3, -0.25) is 9.62 Å². The summed E-state index contributed by atoms with van der Waals surface area (Å²) in [4.78, 5) is 44.3. The topological polar surface area (TPSA) is 295 Å². The van der Waals surface area contributed by atoms with Crippen LogP contribution in [0.2, 0.25) is 0 Å². The molecule has 0 aliphatic carbocycles. The maximum absolute atomic E-state index is 12.0. The van der Waals surface area contributed by atoms with Crippen LogP contribution in [-0.4, -0.2) is 78.9 Å². The minimum Gasteiger partial charge on any atom is -0.387 e. The number of anilines is 1. The number of aromatic amines is 1. The summed E-state index contributed by atoms with van der Waals surface area (Å²) < 4.78 is 53.2. The first-order chi connectivity index (χ1) is 17.0. The van der Waals surface area contributed by atoms with E-state index in [-0.39, 0.29) is 11.5 Å². The second-order valence-electron chi connectivity index (χ2n) is 7.98. The van der Waals surface area contributed by atoms with Crippen LogP contribution in [0.5, 0.6) is 0 Å². The number of aliphatic hydroxyl groups excluding tert-OH is 1. The second kappa shape index (κ2) is 9.59. The van der Waals surface area contributed by atoms with Gasteiger partial charge in [0.2, 0.25) is 0 Å². The van der Waals surface area contributed by atoms with E-state index in [1.54, 1.807) is 6.20 Å². The van der Waals surface area contributed by atoms with Gasteiger partial charge in [0.25, 0.3) is 0 Å². The Morgan fingerprint density at radius 1 is 1.19 bits per heavy atom. The van der Waals surface area contributed by atoms with Crippen molar-refractivity contribution in [2.75, 3.05) is 12.3 Å². The van der Waals surface area contributed by atoms with Crippen molar-refractivity contribution in [2.24, 2.45) is 0 Å². The number of nitrogen functional groups attached to an aromatic ring is 1. The van der Waals surface area contributed by atoms with Gasteiger partial charge in [-0.05, 0) is 6.92 Å². The number of nitrogens with one attached hydrogen (secondary N) is 1. The van der Waals surface area contributed by atoms with E-state index in [4.69, 9.17) is 20.3 Å². The van der Waals surface area contributed by atoms with Crippen molar-refractivity contribution >= 4 is 40.3 Å². The minimum atomic E-state index is -5.74. The first kappa shape index (κ1) is 27.9. The standard InChI is InChI=1S/C15H21N6O13P3/c1-15(23)11(22)9(5-31-36(27,28)34-37(29,30)33-35(24,25)26)32-14(15)21-4-8(7-2-19-20-3-7)10-12(16)17-6-18-13(10)21/h2-4,6,9,11,14,22-23H,5H2,1H3,(H,19,20)(H,27,28)(H,29,30)(H2,16,17,18)(H2,24,25,26)/t9-,11-,14-,15-/m1/s1. The van der Waals surface area contributed by atoms with Crippen LogP contribution < -0.4 is 5.73 Å². The monoisotopic (exact) mass is 586 g/mol. The van der Waals surface area contributed by atoms with Gasteiger partial charge in [-0.2, -0.15) is 13.7 Å². The van der Waals surface area contributed by atoms with E-state index in [9.17, 15) is 33.7 Å². The number of nitrogens with two attached hydrogens (primary N) is 1. The largest absolute Gasteiger partial charge is 0.490 e. The van der Waals surface area contributed by atoms with Crippen molar-refractivity contribution in [1.29, 1.82) is 0 Å². The lowest BCUT2D eigenvalue weighted by Gasteiger charge is -2.27. The fourth-order valence-electron chi connectivity index (χ4n) is 3.75. The molecule has 0 saturated carbocycles. The number of fused-ring (bicyclic) bond motifs is 1. The Morgan fingerprint density at radius 3 is 2.51 bits per heavy atom. The summed E-state index contributed by atoms with van der Waals surface area (Å²) in [5, 5.41) is 28.6. The molecule has 2 unspecified atom stereocenters. The Hall–Kier alpha value is -2.08. The highest BCUT2D eigenvalue weighted by Gasteiger charge is 2.54. The maximum atomic E-state index is 12.0. The molecule has 0 radical (unpaired) electrons. The lowest BCUT2D eigenvalue weighted by Crippen LogP contribution is -2.44. The molecule has 0 aromatic carbocycles. The minimum absolute atomic E-state index is 0.0994. The first-order valence-corrected chi connectivity index (χ1v) is 14.5. The third-order valence-corrected chi connectivity index (χ3v) is 9.08. The van der Waals surface area contributed by atoms with Crippen molar-refractivity contribution in [2.45, 2.75) is 31.0 Å². The Labute approximate surface area is 206 Å². The molecule has 19 nitrogen and oxygen atoms in total. The average molecular weight is 586 g/mol. The second-order valence-corrected chi connectivity index (χ2v) is 12.4. The van der Waals surface area contributed by atoms with Gasteiger partial charge in [-0.25, -0.2) is 23.7 Å². The summed E-state index contributed by atoms with van der Waals surface area (Å²) >= 11 is 0. The Kier molecular flexibility index (Phi) is 7.24. The van der Waals surface area contributed by atoms with Gasteiger partial charge in [0, 0.05) is 23.5 Å². The summed E-state index contributed by atoms with van der Waals surface area (Å²) in [5.41, 5.74) is 5.29. The molecular formula is C15H21N6O13P3. The van der Waals surface area contributed by atoms with E-state index < -0.39 is 54.1 Å². The number of phosphoric ester groups is 1. The van der Waals surface area contributed by atoms with Crippen molar-refractivity contribution in [3.8, 4) is 11.1 Å². The molecule has 6 atom stereocenters. The lowest BCUT2D eigenvalue weighted by molar-refractivity contribution is -0.0946. The van der Waals surface area contributed by atoms with Crippen molar-refractivity contribution in [1.82, 2.24) is 24.7 Å². The van der Waals surface area contributed by atoms with Crippen LogP contribution in [0.3, 0.4) is 0 Å². The normalized spacial score (nSPS) is 27.8. The molecule has 4 heterocycles. The van der Waals surface area contributed by atoms with Gasteiger partial charge < -0.3 is 44.8 Å². The molecule has 9 N–H and O–H groups in total. The van der Waals surface area contributed by atoms with E-state index >= 15 is 0 Å². The van der Waals surface area contributed by atoms with Gasteiger partial charge in [0.05, 0.1) is 18.2 Å². The zero-order valence-corrected chi connectivity index (χ0v) is 21.2. The maximum Gasteiger partial charge on any atom is 0.490 e. The van der Waals surface area contributed by atoms with E-state index in [0.29, 0.717) is 16.5 Å². The molecule has 3 aromatic rings. The third kappa shape index (κ3) is 5.84. The number of ether oxygens (including phenoxy) is 1. The highest BCUT2D eigenvalue weighted by Crippen LogP contribution is 2.66. The summed E-state index contributed by atoms with van der Waals surface area (Å²) in [7, 11) is -16.8. The molecule has 1 saturated heterocycles. The summed E-state index contributed by atoms with van der Waals surface area (Å²) in [6.07, 6.45) is 1.11. The quantitative estimate of drug-likeness (QED) is 0.150. The zero-order chi connectivity index (χ0) is 27.4. The van der Waals surface area contributed by atoms with Gasteiger partial charge in [0.15, 0.2) is 6.23 Å². The van der Waals surface area contributed by atoms with Crippen molar-refractivity contribution in [3.63, 3.8) is 0 Å². The lowest BCUT2D eigenvalue weighted by atomic mass is 9.96. The fourth-order valence-corrected chi connectivity index (χ4v) is 6.78. The van der Waals surface area contributed by atoms with E-state index in [2.05, 4.69) is 33.3 Å². The van der Waals surface area contributed by atoms with Crippen LogP contribution in [-0.2, 0) is 31.6 Å². The molecular weight excluding hydrogens is 565 g/mol. The van der Waals surface area contributed by atoms with Crippen LogP contribution >= 0.6 is 23.5 Å². The molecule has 37 heavy (non-hydrogen) atoms. The molecule has 0 bridgehead atoms. The number of aromatic nitrogens is 5. The van der Waals surface area contributed by atoms with E-state index in [1.807, 2.05) is 0 Å². The summed E-state index contributed by atoms with van der Waals surface area (Å²) in [5.74, 6) is 0.0994. The molecule has 1 fully saturated rings. The van der Waals surface area contributed by atoms with Gasteiger partial charge in [0.1, 0.15) is 35.6 Å². The number of nitrogens with zero attached hydrogens (tertiary/aromatic N) is 4. The number of phosphoric acid groups is 3. The van der Waals surface area contributed by atoms with Crippen molar-refractivity contribution < 1.29 is 61.4 Å². The van der Waals surface area contributed by atoms with E-state index in [1.165, 1.54) is 30.2 Å². The third-order valence-electron chi connectivity index (χ3n) is 5.27. The Balaban J connectivity index is 1.59. The smallest absolute Gasteiger partial charge is 0.387 e. The number of hydrogen-bond acceptors (Lipinski definition) is 13. The molecule has 204 valence electrons. The molecule has 4 rings (SSSR count). The average Bonchev–Trinajstić information content (AvgIpc) is 3.43. The molecule has 1 aliphatic heterocycles. The van der Waals surface area contributed by atoms with Crippen LogP contribution in [0.15, 0.2) is 24.9 Å². The van der Waals surface area contributed by atoms with Crippen LogP contribution in [0, 0.1) is 0 Å². The van der Waals surface area contributed by atoms with Crippen LogP contribution in [0.4, 0.5) is 5.82 Å². The molecule has 0 spiro atoms. The number of H-pyrrole nitrogens is 1. The summed E-state index contributed by atoms with van der Waals surface area (Å²) in [6.45, 7) is 0.226. The number of aliphatic hydroxyl groups is 2. The first-order valence-electron chi connectivity index (χ1n) is 9.95. The number of hydrogen-bond donors (Lipinski definition) is 8. The highest BCUT2D eigenvalue weighted by molar-refractivity contribution is 7.66. The number of rotatable bonds is 9. The summed E-state index contributed by atoms with van der Waals surface area (Å²) in [6, 6.07) is 0. The zero-order valence-electron chi connectivity index (χ0n) is 18.5. The van der Waals surface area contributed by atoms with Gasteiger partial charge in [-0.1, -0.05) is 0 Å². The molecule has 3 aromatic heterocycles. The van der Waals surface area contributed by atoms with Gasteiger partial charge >= 0.3 is 23.5 Å².